The van der Waals surface area contributed by atoms with Crippen LogP contribution in [0, 0.1) is 29.5 Å². The fourth-order valence-electron chi connectivity index (χ4n) is 6.42. The van der Waals surface area contributed by atoms with Gasteiger partial charge in [-0.25, -0.2) is 9.18 Å². The van der Waals surface area contributed by atoms with Crippen molar-refractivity contribution in [3.8, 4) is 0 Å². The van der Waals surface area contributed by atoms with Crippen molar-refractivity contribution in [3.05, 3.63) is 47.3 Å². The number of aliphatic hydroxyl groups is 1. The number of aliphatic hydroxyl groups excluding tert-OH is 1. The molecule has 1 aliphatic carbocycles. The number of hydrogen-bond donors (Lipinski definition) is 1. The zero-order valence-corrected chi connectivity index (χ0v) is 28.9. The standard InChI is InChI=1S/C37H53FN4O6/c1-26(6-10-35(27(2)5-9-33(45)11-20-43)48-37(47)42-14-12-39(4)13-15-42)34(25-44)28(3)21-29-22-31(38)24-32(23-29)40-16-18-41(19-17-40)36(46)30-7-8-30/h6,10,20-27,30,33-35,45H,5,7-9,11-19H2,1-4H3/b10-6+,28-21+/t26-,27-,33+,34-,35-/m0/s1. The van der Waals surface area contributed by atoms with Gasteiger partial charge in [0, 0.05) is 76.3 Å². The summed E-state index contributed by atoms with van der Waals surface area (Å²) in [6.45, 7) is 10.9. The number of aldehydes is 2. The van der Waals surface area contributed by atoms with Crippen LogP contribution in [0.3, 0.4) is 0 Å². The van der Waals surface area contributed by atoms with Crippen molar-refractivity contribution in [3.63, 3.8) is 0 Å². The largest absolute Gasteiger partial charge is 0.442 e. The molecule has 1 aromatic carbocycles. The maximum Gasteiger partial charge on any atom is 0.410 e. The molecule has 4 rings (SSSR count). The number of ether oxygens (including phenoxy) is 1. The number of carbonyl (C=O) groups is 4. The van der Waals surface area contributed by atoms with Crippen LogP contribution in [-0.4, -0.2) is 116 Å². The van der Waals surface area contributed by atoms with Crippen molar-refractivity contribution in [2.45, 2.75) is 65.1 Å². The van der Waals surface area contributed by atoms with E-state index in [4.69, 9.17) is 4.74 Å². The summed E-state index contributed by atoms with van der Waals surface area (Å²) in [5, 5.41) is 10.1. The van der Waals surface area contributed by atoms with Gasteiger partial charge in [0.15, 0.2) is 0 Å². The van der Waals surface area contributed by atoms with Gasteiger partial charge in [-0.1, -0.05) is 31.6 Å². The smallest absolute Gasteiger partial charge is 0.410 e. The molecule has 3 fully saturated rings. The number of benzene rings is 1. The molecule has 0 aromatic heterocycles. The second-order valence-electron chi connectivity index (χ2n) is 13.9. The minimum atomic E-state index is -0.751. The lowest BCUT2D eigenvalue weighted by Gasteiger charge is -2.36. The molecule has 11 heteroatoms. The Morgan fingerprint density at radius 1 is 0.958 bits per heavy atom. The zero-order chi connectivity index (χ0) is 34.8. The maximum absolute atomic E-state index is 14.8. The molecule has 2 aliphatic heterocycles. The molecule has 48 heavy (non-hydrogen) atoms. The Morgan fingerprint density at radius 2 is 1.62 bits per heavy atom. The molecule has 1 aromatic rings. The zero-order valence-electron chi connectivity index (χ0n) is 28.9. The number of halogens is 1. The van der Waals surface area contributed by atoms with Crippen LogP contribution in [0.15, 0.2) is 35.9 Å². The highest BCUT2D eigenvalue weighted by molar-refractivity contribution is 5.81. The van der Waals surface area contributed by atoms with Gasteiger partial charge >= 0.3 is 6.09 Å². The first-order valence-corrected chi connectivity index (χ1v) is 17.4. The molecular weight excluding hydrogens is 615 g/mol. The summed E-state index contributed by atoms with van der Waals surface area (Å²) in [7, 11) is 2.01. The Bertz CT molecular complexity index is 1320. The van der Waals surface area contributed by atoms with E-state index in [9.17, 15) is 28.7 Å². The topological polar surface area (TPSA) is 111 Å². The van der Waals surface area contributed by atoms with Crippen molar-refractivity contribution in [2.75, 3.05) is 64.3 Å². The van der Waals surface area contributed by atoms with Gasteiger partial charge in [-0.05, 0) is 81.3 Å². The molecule has 0 unspecified atom stereocenters. The Kier molecular flexibility index (Phi) is 13.8. The van der Waals surface area contributed by atoms with Gasteiger partial charge < -0.3 is 39.0 Å². The Morgan fingerprint density at radius 3 is 2.25 bits per heavy atom. The fourth-order valence-corrected chi connectivity index (χ4v) is 6.42. The molecule has 5 atom stereocenters. The molecule has 3 aliphatic rings. The summed E-state index contributed by atoms with van der Waals surface area (Å²) in [4.78, 5) is 56.6. The lowest BCUT2D eigenvalue weighted by molar-refractivity contribution is -0.132. The van der Waals surface area contributed by atoms with Gasteiger partial charge in [-0.15, -0.1) is 0 Å². The van der Waals surface area contributed by atoms with Gasteiger partial charge in [0.1, 0.15) is 24.5 Å². The van der Waals surface area contributed by atoms with E-state index in [0.717, 1.165) is 43.5 Å². The number of amides is 2. The molecule has 2 amide bonds. The van der Waals surface area contributed by atoms with Crippen molar-refractivity contribution < 1.29 is 33.4 Å². The van der Waals surface area contributed by atoms with E-state index in [1.54, 1.807) is 4.90 Å². The van der Waals surface area contributed by atoms with E-state index in [1.807, 2.05) is 57.0 Å². The predicted octanol–water partition coefficient (Wildman–Crippen LogP) is 4.41. The number of allylic oxidation sites excluding steroid dienone is 2. The third-order valence-corrected chi connectivity index (χ3v) is 9.91. The van der Waals surface area contributed by atoms with Gasteiger partial charge in [0.05, 0.1) is 6.10 Å². The molecule has 0 radical (unpaired) electrons. The Labute approximate surface area is 284 Å². The van der Waals surface area contributed by atoms with Crippen LogP contribution in [-0.2, 0) is 19.1 Å². The molecule has 1 N–H and O–H groups in total. The third kappa shape index (κ3) is 10.7. The van der Waals surface area contributed by atoms with Crippen LogP contribution >= 0.6 is 0 Å². The highest BCUT2D eigenvalue weighted by Crippen LogP contribution is 2.32. The SMILES string of the molecule is C/C(=C\c1cc(F)cc(N2CCN(C(=O)C3CC3)CC2)c1)[C@@H](C=O)[C@@H](C)/C=C/[C@H](OC(=O)N1CCN(C)CC1)[C@@H](C)CC[C@@H](O)CC=O. The molecule has 2 saturated heterocycles. The number of likely N-dealkylation sites (N-methyl/N-ethyl adjacent to an activating group) is 1. The lowest BCUT2D eigenvalue weighted by Crippen LogP contribution is -2.49. The van der Waals surface area contributed by atoms with Crippen molar-refractivity contribution in [1.82, 2.24) is 14.7 Å². The Balaban J connectivity index is 1.43. The molecule has 0 bridgehead atoms. The fraction of sp³-hybridized carbons (Fsp3) is 0.622. The first-order valence-electron chi connectivity index (χ1n) is 17.4. The average molecular weight is 669 g/mol. The van der Waals surface area contributed by atoms with E-state index >= 15 is 0 Å². The lowest BCUT2D eigenvalue weighted by atomic mass is 9.86. The van der Waals surface area contributed by atoms with E-state index in [2.05, 4.69) is 9.80 Å². The monoisotopic (exact) mass is 668 g/mol. The molecule has 264 valence electrons. The van der Waals surface area contributed by atoms with E-state index < -0.39 is 24.2 Å². The minimum absolute atomic E-state index is 0.0583. The molecule has 10 nitrogen and oxygen atoms in total. The van der Waals surface area contributed by atoms with Crippen LogP contribution in [0.5, 0.6) is 0 Å². The summed E-state index contributed by atoms with van der Waals surface area (Å²) >= 11 is 0. The van der Waals surface area contributed by atoms with Crippen LogP contribution in [0.4, 0.5) is 14.9 Å². The summed E-state index contributed by atoms with van der Waals surface area (Å²) in [5.41, 5.74) is 2.18. The number of nitrogens with zero attached hydrogens (tertiary/aromatic N) is 4. The highest BCUT2D eigenvalue weighted by atomic mass is 19.1. The summed E-state index contributed by atoms with van der Waals surface area (Å²) in [6, 6.07) is 4.88. The Hall–Kier alpha value is -3.57. The molecular formula is C37H53FN4O6. The van der Waals surface area contributed by atoms with Crippen LogP contribution in [0.25, 0.3) is 6.08 Å². The quantitative estimate of drug-likeness (QED) is 0.216. The van der Waals surface area contributed by atoms with Crippen LogP contribution in [0.2, 0.25) is 0 Å². The van der Waals surface area contributed by atoms with Gasteiger partial charge in [0.2, 0.25) is 5.91 Å². The first-order chi connectivity index (χ1) is 23.0. The summed E-state index contributed by atoms with van der Waals surface area (Å²) in [6.07, 6.45) is 8.35. The van der Waals surface area contributed by atoms with Crippen molar-refractivity contribution in [1.29, 1.82) is 0 Å². The van der Waals surface area contributed by atoms with Crippen LogP contribution in [0.1, 0.15) is 58.4 Å². The second kappa shape index (κ2) is 17.7. The number of rotatable bonds is 15. The van der Waals surface area contributed by atoms with Gasteiger partial charge in [0.25, 0.3) is 0 Å². The molecule has 2 heterocycles. The highest BCUT2D eigenvalue weighted by Gasteiger charge is 2.34. The van der Waals surface area contributed by atoms with E-state index in [0.29, 0.717) is 64.0 Å². The second-order valence-corrected chi connectivity index (χ2v) is 13.9. The number of carbonyl (C=O) groups excluding carboxylic acids is 4. The number of piperazine rings is 2. The third-order valence-electron chi connectivity index (χ3n) is 9.91. The van der Waals surface area contributed by atoms with Crippen molar-refractivity contribution in [2.24, 2.45) is 23.7 Å². The van der Waals surface area contributed by atoms with Crippen LogP contribution < -0.4 is 4.90 Å². The van der Waals surface area contributed by atoms with E-state index in [-0.39, 0.29) is 35.9 Å². The van der Waals surface area contributed by atoms with E-state index in [1.165, 1.54) is 12.1 Å². The minimum Gasteiger partial charge on any atom is -0.442 e. The summed E-state index contributed by atoms with van der Waals surface area (Å²) < 4.78 is 20.8. The molecule has 0 spiro atoms. The normalized spacial score (nSPS) is 21.0. The molecule has 1 saturated carbocycles. The van der Waals surface area contributed by atoms with Gasteiger partial charge in [-0.3, -0.25) is 4.79 Å². The van der Waals surface area contributed by atoms with Crippen molar-refractivity contribution >= 4 is 36.3 Å². The average Bonchev–Trinajstić information content (AvgIpc) is 3.91. The predicted molar refractivity (Wildman–Crippen MR) is 184 cm³/mol. The maximum atomic E-state index is 14.8. The van der Waals surface area contributed by atoms with Gasteiger partial charge in [-0.2, -0.15) is 0 Å². The number of hydrogen-bond acceptors (Lipinski definition) is 8. The number of anilines is 1. The summed E-state index contributed by atoms with van der Waals surface area (Å²) in [5.74, 6) is -0.829. The first kappa shape index (κ1) is 37.3.